The first-order chi connectivity index (χ1) is 41.3. The highest BCUT2D eigenvalue weighted by Gasteiger charge is 2.50. The number of phenolic OH excluding ortho intramolecular Hbond substituents is 2. The Hall–Kier alpha value is -6.20. The average Bonchev–Trinajstić information content (AvgIpc) is 0.831. The molecule has 0 spiro atoms. The fourth-order valence-electron chi connectivity index (χ4n) is 15.4. The second kappa shape index (κ2) is 28.3. The van der Waals surface area contributed by atoms with Crippen LogP contribution in [-0.2, 0) is 25.8 Å². The Morgan fingerprint density at radius 3 is 1.23 bits per heavy atom. The molecular formula is C77H109N3O8. The SMILES string of the molecule is CCCCCCC(C)(C)c1cc(O)c2c(c1)OC(C)(C)[C@@H]1CC=C(C#N)C[C@@H]21.CCCCCCC(C)(C)c1cc(O)c2c(c1)OC(C)(C)[C@@H]1CC=C(C(N)=O)C[C@@H]21.CCCCCCC(C)(C)c1cc(OC(C)=O)c2c(c1)OC(C)(C)[C@@H]1CC=C(C#N)C[C@@H]21. The molecule has 3 aliphatic carbocycles. The van der Waals surface area contributed by atoms with Gasteiger partial charge >= 0.3 is 5.97 Å². The maximum absolute atomic E-state index is 12.0. The molecule has 0 radical (unpaired) electrons. The normalized spacial score (nSPS) is 22.5. The van der Waals surface area contributed by atoms with Crippen molar-refractivity contribution in [3.05, 3.63) is 105 Å². The fourth-order valence-corrected chi connectivity index (χ4v) is 15.4. The lowest BCUT2D eigenvalue weighted by Crippen LogP contribution is -2.46. The summed E-state index contributed by atoms with van der Waals surface area (Å²) in [5, 5.41) is 40.9. The van der Waals surface area contributed by atoms with E-state index in [-0.39, 0.29) is 86.2 Å². The minimum absolute atomic E-state index is 0.00507. The molecule has 0 saturated carbocycles. The van der Waals surface area contributed by atoms with Crippen LogP contribution in [0.15, 0.2) is 71.3 Å². The van der Waals surface area contributed by atoms with Gasteiger partial charge < -0.3 is 34.9 Å². The molecule has 3 aliphatic heterocycles. The van der Waals surface area contributed by atoms with E-state index >= 15 is 0 Å². The summed E-state index contributed by atoms with van der Waals surface area (Å²) in [6, 6.07) is 17.0. The van der Waals surface area contributed by atoms with Crippen LogP contribution in [0.4, 0.5) is 0 Å². The van der Waals surface area contributed by atoms with Gasteiger partial charge in [-0.15, -0.1) is 0 Å². The van der Waals surface area contributed by atoms with E-state index in [1.807, 2.05) is 36.4 Å². The number of carbonyl (C=O) groups excluding carboxylic acids is 2. The van der Waals surface area contributed by atoms with Crippen LogP contribution in [0, 0.1) is 40.4 Å². The summed E-state index contributed by atoms with van der Waals surface area (Å²) < 4.78 is 25.2. The van der Waals surface area contributed by atoms with Crippen LogP contribution in [0.1, 0.15) is 297 Å². The smallest absolute Gasteiger partial charge is 0.308 e. The minimum atomic E-state index is -0.367. The molecule has 4 N–H and O–H groups in total. The summed E-state index contributed by atoms with van der Waals surface area (Å²) in [7, 11) is 0. The number of carbonyl (C=O) groups is 2. The van der Waals surface area contributed by atoms with Crippen LogP contribution in [0.2, 0.25) is 0 Å². The van der Waals surface area contributed by atoms with E-state index in [0.717, 1.165) is 100 Å². The number of unbranched alkanes of at least 4 members (excludes halogenated alkanes) is 9. The molecule has 9 rings (SSSR count). The topological polar surface area (TPSA) is 185 Å². The van der Waals surface area contributed by atoms with Crippen LogP contribution < -0.4 is 24.7 Å². The van der Waals surface area contributed by atoms with E-state index in [1.165, 1.54) is 84.0 Å². The number of nitriles is 2. The van der Waals surface area contributed by atoms with Gasteiger partial charge in [-0.3, -0.25) is 9.59 Å². The van der Waals surface area contributed by atoms with Gasteiger partial charge in [-0.2, -0.15) is 10.5 Å². The summed E-state index contributed by atoms with van der Waals surface area (Å²) in [6.07, 6.45) is 28.3. The van der Waals surface area contributed by atoms with Crippen molar-refractivity contribution in [2.75, 3.05) is 0 Å². The van der Waals surface area contributed by atoms with Gasteiger partial charge in [-0.1, -0.05) is 158 Å². The Morgan fingerprint density at radius 2 is 0.875 bits per heavy atom. The van der Waals surface area contributed by atoms with Gasteiger partial charge in [0.2, 0.25) is 5.91 Å². The monoisotopic (exact) mass is 1200 g/mol. The van der Waals surface area contributed by atoms with Gasteiger partial charge in [0.15, 0.2) is 0 Å². The number of rotatable bonds is 20. The van der Waals surface area contributed by atoms with Gasteiger partial charge in [-0.25, -0.2) is 0 Å². The highest BCUT2D eigenvalue weighted by atomic mass is 16.5. The Morgan fingerprint density at radius 1 is 0.534 bits per heavy atom. The predicted octanol–water partition coefficient (Wildman–Crippen LogP) is 19.4. The molecule has 6 atom stereocenters. The zero-order valence-electron chi connectivity index (χ0n) is 56.8. The van der Waals surface area contributed by atoms with Crippen LogP contribution in [-0.4, -0.2) is 38.9 Å². The summed E-state index contributed by atoms with van der Waals surface area (Å²) in [6.45, 7) is 34.4. The van der Waals surface area contributed by atoms with Gasteiger partial charge in [0.1, 0.15) is 51.3 Å². The molecule has 3 aromatic carbocycles. The number of phenols is 2. The second-order valence-corrected chi connectivity index (χ2v) is 30.2. The number of aromatic hydroxyl groups is 2. The molecule has 3 heterocycles. The van der Waals surface area contributed by atoms with E-state index in [2.05, 4.69) is 134 Å². The first kappa shape index (κ1) is 69.3. The van der Waals surface area contributed by atoms with E-state index in [4.69, 9.17) is 24.7 Å². The van der Waals surface area contributed by atoms with E-state index < -0.39 is 0 Å². The van der Waals surface area contributed by atoms with E-state index in [1.54, 1.807) is 0 Å². The van der Waals surface area contributed by atoms with Crippen molar-refractivity contribution in [1.29, 1.82) is 10.5 Å². The number of nitrogens with zero attached hydrogens (tertiary/aromatic N) is 2. The Bertz CT molecular complexity index is 3170. The molecule has 0 fully saturated rings. The predicted molar refractivity (Wildman–Crippen MR) is 355 cm³/mol. The van der Waals surface area contributed by atoms with Gasteiger partial charge in [0.25, 0.3) is 0 Å². The lowest BCUT2D eigenvalue weighted by atomic mass is 9.66. The number of esters is 1. The standard InChI is InChI=1S/C27H37NO3.C25H37NO3.C25H35NO2/c1-7-8-9-10-13-26(3,4)20-15-23(30-18(2)29)25-21-14-19(17-28)11-12-22(21)27(5,6)31-24(25)16-20;1-6-7-8-9-12-24(2,3)17-14-20(27)22-18-13-16(23(26)28)10-11-19(18)25(4,5)29-21(22)15-17;1-6-7-8-9-12-24(2,3)18-14-21(27)23-19-13-17(16-26)10-11-20(19)25(4,5)28-22(23)15-18/h11,15-16,21-22H,7-10,12-14H2,1-6H3;10,14-15,18-19,27H,6-9,11-13H2,1-5H3,(H2,26,28);10,14-15,19-20,27H,6-9,11-13H2,1-5H3/t21-,22-;18-,19-;19-,20-/m111/s1. The number of benzene rings is 3. The Kier molecular flexibility index (Phi) is 22.3. The van der Waals surface area contributed by atoms with Gasteiger partial charge in [0, 0.05) is 75.8 Å². The van der Waals surface area contributed by atoms with Crippen LogP contribution >= 0.6 is 0 Å². The zero-order chi connectivity index (χ0) is 64.7. The Labute approximate surface area is 529 Å². The van der Waals surface area contributed by atoms with Crippen molar-refractivity contribution in [3.8, 4) is 46.6 Å². The number of ether oxygens (including phenoxy) is 4. The van der Waals surface area contributed by atoms with Crippen molar-refractivity contribution in [1.82, 2.24) is 0 Å². The molecule has 0 unspecified atom stereocenters. The van der Waals surface area contributed by atoms with Crippen LogP contribution in [0.25, 0.3) is 0 Å². The number of hydrogen-bond donors (Lipinski definition) is 3. The average molecular weight is 1200 g/mol. The fraction of sp³-hybridized carbons (Fsp3) is 0.636. The maximum Gasteiger partial charge on any atom is 0.308 e. The largest absolute Gasteiger partial charge is 0.508 e. The van der Waals surface area contributed by atoms with Crippen molar-refractivity contribution < 1.29 is 38.7 Å². The van der Waals surface area contributed by atoms with Crippen LogP contribution in [0.5, 0.6) is 34.5 Å². The first-order valence-electron chi connectivity index (χ1n) is 33.7. The molecule has 11 heteroatoms. The summed E-state index contributed by atoms with van der Waals surface area (Å²) in [4.78, 5) is 23.8. The van der Waals surface area contributed by atoms with Crippen molar-refractivity contribution >= 4 is 11.9 Å². The third-order valence-corrected chi connectivity index (χ3v) is 21.1. The Balaban J connectivity index is 0.000000189. The van der Waals surface area contributed by atoms with E-state index in [0.29, 0.717) is 36.3 Å². The molecule has 3 aromatic rings. The van der Waals surface area contributed by atoms with Crippen LogP contribution in [0.3, 0.4) is 0 Å². The molecule has 6 aliphatic rings. The molecular weight excluding hydrogens is 1090 g/mol. The molecule has 0 bridgehead atoms. The highest BCUT2D eigenvalue weighted by Crippen LogP contribution is 2.58. The highest BCUT2D eigenvalue weighted by molar-refractivity contribution is 5.92. The van der Waals surface area contributed by atoms with E-state index in [9.17, 15) is 30.3 Å². The molecule has 11 nitrogen and oxygen atoms in total. The number of primary amides is 1. The zero-order valence-corrected chi connectivity index (χ0v) is 56.8. The summed E-state index contributed by atoms with van der Waals surface area (Å²) >= 11 is 0. The molecule has 480 valence electrons. The quantitative estimate of drug-likeness (QED) is 0.0559. The first-order valence-corrected chi connectivity index (χ1v) is 33.7. The lowest BCUT2D eigenvalue weighted by Gasteiger charge is -2.47. The van der Waals surface area contributed by atoms with Crippen molar-refractivity contribution in [3.63, 3.8) is 0 Å². The van der Waals surface area contributed by atoms with Crippen molar-refractivity contribution in [2.45, 2.75) is 296 Å². The van der Waals surface area contributed by atoms with Gasteiger partial charge in [-0.05, 0) is 169 Å². The number of allylic oxidation sites excluding steroid dienone is 5. The maximum atomic E-state index is 12.0. The molecule has 88 heavy (non-hydrogen) atoms. The minimum Gasteiger partial charge on any atom is -0.508 e. The third-order valence-electron chi connectivity index (χ3n) is 21.1. The van der Waals surface area contributed by atoms with Gasteiger partial charge in [0.05, 0.1) is 12.1 Å². The molecule has 0 aromatic heterocycles. The summed E-state index contributed by atoms with van der Waals surface area (Å²) in [5.41, 5.74) is 12.8. The second-order valence-electron chi connectivity index (χ2n) is 30.2. The number of nitrogens with two attached hydrogens (primary N) is 1. The molecule has 0 saturated heterocycles. The number of hydrogen-bond acceptors (Lipinski definition) is 10. The third kappa shape index (κ3) is 15.9. The van der Waals surface area contributed by atoms with Crippen molar-refractivity contribution in [2.24, 2.45) is 23.5 Å². The summed E-state index contributed by atoms with van der Waals surface area (Å²) in [5.74, 6) is 3.92. The molecule has 1 amide bonds. The number of fused-ring (bicyclic) bond motifs is 9. The number of amides is 1. The lowest BCUT2D eigenvalue weighted by molar-refractivity contribution is -0.132.